The first-order valence-electron chi connectivity index (χ1n) is 11.2. The molecule has 2 aromatic carbocycles. The molecule has 1 atom stereocenters. The number of carbonyl (C=O) groups excluding carboxylic acids is 2. The van der Waals surface area contributed by atoms with Crippen LogP contribution in [0.4, 0.5) is 14.5 Å². The average Bonchev–Trinajstić information content (AvgIpc) is 2.74. The Balaban J connectivity index is 1.82. The molecule has 2 N–H and O–H groups in total. The Bertz CT molecular complexity index is 1170. The standard InChI is InChI=1S/C27H28F2N2O2/c1-5-16-9-11-17(12-10-16)23-22(26(33)31-25-18(28)7-6-8-19(25)29)15(2)30-20-13-27(3,4)14-21(32)24(20)23/h6-12,23,30H,5,13-14H2,1-4H3,(H,31,33). The van der Waals surface area contributed by atoms with Crippen molar-refractivity contribution in [1.29, 1.82) is 0 Å². The second-order valence-corrected chi connectivity index (χ2v) is 9.58. The number of benzene rings is 2. The quantitative estimate of drug-likeness (QED) is 0.622. The number of nitrogens with one attached hydrogen (secondary N) is 2. The van der Waals surface area contributed by atoms with Crippen LogP contribution in [0.25, 0.3) is 0 Å². The molecular weight excluding hydrogens is 422 g/mol. The molecule has 172 valence electrons. The van der Waals surface area contributed by atoms with Gasteiger partial charge >= 0.3 is 0 Å². The number of anilines is 1. The fourth-order valence-corrected chi connectivity index (χ4v) is 4.81. The number of halogens is 2. The summed E-state index contributed by atoms with van der Waals surface area (Å²) in [5.41, 5.74) is 3.46. The number of carbonyl (C=O) groups is 2. The van der Waals surface area contributed by atoms with Crippen LogP contribution in [-0.2, 0) is 16.0 Å². The molecule has 0 aromatic heterocycles. The van der Waals surface area contributed by atoms with Gasteiger partial charge in [-0.2, -0.15) is 0 Å². The number of rotatable bonds is 4. The Hall–Kier alpha value is -3.28. The van der Waals surface area contributed by atoms with Gasteiger partial charge in [0.05, 0.1) is 0 Å². The zero-order chi connectivity index (χ0) is 23.9. The summed E-state index contributed by atoms with van der Waals surface area (Å²) in [4.78, 5) is 26.7. The molecule has 1 heterocycles. The first-order valence-corrected chi connectivity index (χ1v) is 11.2. The van der Waals surface area contributed by atoms with Gasteiger partial charge in [-0.05, 0) is 48.4 Å². The normalized spacial score (nSPS) is 19.8. The molecule has 1 unspecified atom stereocenters. The monoisotopic (exact) mass is 450 g/mol. The van der Waals surface area contributed by atoms with E-state index in [4.69, 9.17) is 0 Å². The largest absolute Gasteiger partial charge is 0.362 e. The van der Waals surface area contributed by atoms with Gasteiger partial charge < -0.3 is 10.6 Å². The summed E-state index contributed by atoms with van der Waals surface area (Å²) < 4.78 is 28.5. The Kier molecular flexibility index (Phi) is 5.95. The van der Waals surface area contributed by atoms with E-state index in [-0.39, 0.29) is 16.8 Å². The van der Waals surface area contributed by atoms with Gasteiger partial charge in [0.2, 0.25) is 0 Å². The first kappa shape index (κ1) is 22.9. The lowest BCUT2D eigenvalue weighted by molar-refractivity contribution is -0.118. The van der Waals surface area contributed by atoms with Crippen LogP contribution in [0.3, 0.4) is 0 Å². The molecule has 2 aliphatic rings. The van der Waals surface area contributed by atoms with Gasteiger partial charge in [-0.15, -0.1) is 0 Å². The van der Waals surface area contributed by atoms with Crippen molar-refractivity contribution in [2.24, 2.45) is 5.41 Å². The van der Waals surface area contributed by atoms with Crippen molar-refractivity contribution < 1.29 is 18.4 Å². The molecule has 0 spiro atoms. The van der Waals surface area contributed by atoms with Crippen LogP contribution in [0.1, 0.15) is 57.6 Å². The van der Waals surface area contributed by atoms with Crippen molar-refractivity contribution >= 4 is 17.4 Å². The van der Waals surface area contributed by atoms with Crippen molar-refractivity contribution in [3.8, 4) is 0 Å². The smallest absolute Gasteiger partial charge is 0.254 e. The minimum absolute atomic E-state index is 0.0202. The summed E-state index contributed by atoms with van der Waals surface area (Å²) in [6, 6.07) is 11.2. The van der Waals surface area contributed by atoms with Gasteiger partial charge in [0.15, 0.2) is 5.78 Å². The lowest BCUT2D eigenvalue weighted by Crippen LogP contribution is -2.39. The predicted molar refractivity (Wildman–Crippen MR) is 124 cm³/mol. The molecule has 1 amide bonds. The second kappa shape index (κ2) is 8.58. The number of ketones is 1. The van der Waals surface area contributed by atoms with E-state index in [0.717, 1.165) is 35.4 Å². The second-order valence-electron chi connectivity index (χ2n) is 9.58. The van der Waals surface area contributed by atoms with E-state index >= 15 is 0 Å². The maximum absolute atomic E-state index is 14.2. The summed E-state index contributed by atoms with van der Waals surface area (Å²) in [7, 11) is 0. The molecule has 0 fully saturated rings. The summed E-state index contributed by atoms with van der Waals surface area (Å²) in [5, 5.41) is 5.67. The molecule has 0 bridgehead atoms. The van der Waals surface area contributed by atoms with Crippen LogP contribution in [-0.4, -0.2) is 11.7 Å². The lowest BCUT2D eigenvalue weighted by atomic mass is 9.68. The minimum atomic E-state index is -0.857. The van der Waals surface area contributed by atoms with Gasteiger partial charge in [0.25, 0.3) is 5.91 Å². The Morgan fingerprint density at radius 2 is 1.73 bits per heavy atom. The van der Waals surface area contributed by atoms with E-state index in [9.17, 15) is 18.4 Å². The van der Waals surface area contributed by atoms with Gasteiger partial charge in [-0.1, -0.05) is 51.1 Å². The number of hydrogen-bond acceptors (Lipinski definition) is 3. The highest BCUT2D eigenvalue weighted by molar-refractivity contribution is 6.10. The Morgan fingerprint density at radius 3 is 2.33 bits per heavy atom. The number of para-hydroxylation sites is 1. The number of aryl methyl sites for hydroxylation is 1. The Morgan fingerprint density at radius 1 is 1.09 bits per heavy atom. The van der Waals surface area contributed by atoms with Crippen LogP contribution >= 0.6 is 0 Å². The SMILES string of the molecule is CCc1ccc(C2C(C(=O)Nc3c(F)cccc3F)=C(C)NC3=C2C(=O)CC(C)(C)C3)cc1. The van der Waals surface area contributed by atoms with Gasteiger partial charge in [-0.25, -0.2) is 8.78 Å². The molecule has 6 heteroatoms. The highest BCUT2D eigenvalue weighted by Gasteiger charge is 2.42. The van der Waals surface area contributed by atoms with Crippen molar-refractivity contribution in [3.05, 3.63) is 87.8 Å². The van der Waals surface area contributed by atoms with E-state index in [1.165, 1.54) is 6.07 Å². The van der Waals surface area contributed by atoms with E-state index in [1.54, 1.807) is 6.92 Å². The molecule has 2 aromatic rings. The summed E-state index contributed by atoms with van der Waals surface area (Å²) in [6.07, 6.45) is 1.90. The van der Waals surface area contributed by atoms with Gasteiger partial charge in [-0.3, -0.25) is 9.59 Å². The van der Waals surface area contributed by atoms with Gasteiger partial charge in [0.1, 0.15) is 17.3 Å². The van der Waals surface area contributed by atoms with Crippen molar-refractivity contribution in [2.45, 2.75) is 52.9 Å². The van der Waals surface area contributed by atoms with Crippen LogP contribution in [0.15, 0.2) is 65.0 Å². The van der Waals surface area contributed by atoms with Crippen molar-refractivity contribution in [2.75, 3.05) is 5.32 Å². The molecule has 1 aliphatic carbocycles. The summed E-state index contributed by atoms with van der Waals surface area (Å²) >= 11 is 0. The van der Waals surface area contributed by atoms with Crippen molar-refractivity contribution in [1.82, 2.24) is 5.32 Å². The van der Waals surface area contributed by atoms with E-state index < -0.39 is 29.1 Å². The van der Waals surface area contributed by atoms with Crippen LogP contribution in [0.5, 0.6) is 0 Å². The van der Waals surface area contributed by atoms with E-state index in [1.807, 2.05) is 38.1 Å². The molecular formula is C27H28F2N2O2. The zero-order valence-electron chi connectivity index (χ0n) is 19.3. The van der Waals surface area contributed by atoms with Crippen LogP contribution in [0, 0.1) is 17.0 Å². The van der Waals surface area contributed by atoms with Crippen LogP contribution < -0.4 is 10.6 Å². The maximum atomic E-state index is 14.2. The third-order valence-electron chi connectivity index (χ3n) is 6.41. The van der Waals surface area contributed by atoms with E-state index in [2.05, 4.69) is 17.6 Å². The number of amides is 1. The highest BCUT2D eigenvalue weighted by atomic mass is 19.1. The minimum Gasteiger partial charge on any atom is -0.362 e. The molecule has 0 radical (unpaired) electrons. The fraction of sp³-hybridized carbons (Fsp3) is 0.333. The predicted octanol–water partition coefficient (Wildman–Crippen LogP) is 5.77. The number of Topliss-reactive ketones (excluding diaryl/α,β-unsaturated/α-hetero) is 1. The first-order chi connectivity index (χ1) is 15.6. The molecule has 4 nitrogen and oxygen atoms in total. The van der Waals surface area contributed by atoms with Crippen molar-refractivity contribution in [3.63, 3.8) is 0 Å². The summed E-state index contributed by atoms with van der Waals surface area (Å²) in [5.74, 6) is -2.99. The third kappa shape index (κ3) is 4.34. The topological polar surface area (TPSA) is 58.2 Å². The fourth-order valence-electron chi connectivity index (χ4n) is 4.81. The maximum Gasteiger partial charge on any atom is 0.254 e. The van der Waals surface area contributed by atoms with Crippen LogP contribution in [0.2, 0.25) is 0 Å². The molecule has 4 rings (SSSR count). The Labute approximate surface area is 192 Å². The number of hydrogen-bond donors (Lipinski definition) is 2. The summed E-state index contributed by atoms with van der Waals surface area (Å²) in [6.45, 7) is 7.90. The van der Waals surface area contributed by atoms with E-state index in [0.29, 0.717) is 24.1 Å². The number of dihydropyridines is 1. The molecule has 1 aliphatic heterocycles. The molecule has 0 saturated carbocycles. The number of allylic oxidation sites excluding steroid dienone is 3. The zero-order valence-corrected chi connectivity index (χ0v) is 19.3. The molecule has 0 saturated heterocycles. The third-order valence-corrected chi connectivity index (χ3v) is 6.41. The molecule has 33 heavy (non-hydrogen) atoms. The van der Waals surface area contributed by atoms with Gasteiger partial charge in [0, 0.05) is 34.9 Å². The lowest BCUT2D eigenvalue weighted by Gasteiger charge is -2.39. The highest BCUT2D eigenvalue weighted by Crippen LogP contribution is 2.46. The average molecular weight is 451 g/mol.